The number of unbranched alkanes of at least 4 members (excludes halogenated alkanes) is 47. The fraction of sp³-hybridized carbons (Fsp3) is 0.981. The summed E-state index contributed by atoms with van der Waals surface area (Å²) in [7, 11) is 0. The SMILES string of the molecule is CCCCCCCCCCCCCCCCCCCCCCCCCCCCCCOC(=O)CCCCCCCCCCCCCCCCCCCCCCC. The van der Waals surface area contributed by atoms with E-state index in [1.807, 2.05) is 0 Å². The van der Waals surface area contributed by atoms with E-state index >= 15 is 0 Å². The molecule has 0 saturated heterocycles. The van der Waals surface area contributed by atoms with E-state index in [1.54, 1.807) is 0 Å². The second-order valence-corrected chi connectivity index (χ2v) is 18.6. The van der Waals surface area contributed by atoms with Gasteiger partial charge >= 0.3 is 5.97 Å². The lowest BCUT2D eigenvalue weighted by atomic mass is 10.0. The molecule has 0 saturated carbocycles. The Bertz CT molecular complexity index is 688. The summed E-state index contributed by atoms with van der Waals surface area (Å²) in [6, 6.07) is 0. The molecule has 0 spiro atoms. The minimum atomic E-state index is 0.0350. The zero-order valence-corrected chi connectivity index (χ0v) is 39.4. The number of esters is 1. The quantitative estimate of drug-likeness (QED) is 0.0453. The van der Waals surface area contributed by atoms with Gasteiger partial charge in [0.15, 0.2) is 0 Å². The van der Waals surface area contributed by atoms with Gasteiger partial charge in [0.1, 0.15) is 0 Å². The fourth-order valence-electron chi connectivity index (χ4n) is 8.73. The van der Waals surface area contributed by atoms with Crippen LogP contribution in [-0.4, -0.2) is 12.6 Å². The molecule has 0 aliphatic rings. The minimum absolute atomic E-state index is 0.0350. The summed E-state index contributed by atoms with van der Waals surface area (Å²) in [6.45, 7) is 5.24. The van der Waals surface area contributed by atoms with Gasteiger partial charge in [0.2, 0.25) is 0 Å². The van der Waals surface area contributed by atoms with Crippen LogP contribution in [0, 0.1) is 0 Å². The Kier molecular flexibility index (Phi) is 52.0. The molecule has 0 unspecified atom stereocenters. The number of carbonyl (C=O) groups is 1. The molecule has 0 aliphatic heterocycles. The molecule has 0 fully saturated rings. The van der Waals surface area contributed by atoms with Crippen molar-refractivity contribution in [1.29, 1.82) is 0 Å². The average Bonchev–Trinajstić information content (AvgIpc) is 3.20. The van der Waals surface area contributed by atoms with Crippen LogP contribution in [0.3, 0.4) is 0 Å². The summed E-state index contributed by atoms with van der Waals surface area (Å²) in [6.07, 6.45) is 69.8. The Hall–Kier alpha value is -0.530. The summed E-state index contributed by atoms with van der Waals surface area (Å²) in [5, 5.41) is 0. The lowest BCUT2D eigenvalue weighted by molar-refractivity contribution is -0.143. The summed E-state index contributed by atoms with van der Waals surface area (Å²) in [5.41, 5.74) is 0. The van der Waals surface area contributed by atoms with Crippen LogP contribution >= 0.6 is 0 Å². The van der Waals surface area contributed by atoms with Gasteiger partial charge in [-0.25, -0.2) is 0 Å². The maximum absolute atomic E-state index is 12.1. The molecular formula is C54H108O2. The highest BCUT2D eigenvalue weighted by Crippen LogP contribution is 2.18. The standard InChI is InChI=1S/C54H108O2/c1-3-5-7-9-11-13-15-17-19-21-23-25-26-27-28-29-30-31-33-35-37-39-41-43-45-47-49-51-53-56-54(55)52-50-48-46-44-42-40-38-36-34-32-24-22-20-18-16-14-12-10-8-6-4-2/h3-53H2,1-2H3. The Morgan fingerprint density at radius 3 is 0.589 bits per heavy atom. The average molecular weight is 789 g/mol. The van der Waals surface area contributed by atoms with E-state index < -0.39 is 0 Å². The maximum atomic E-state index is 12.1. The normalized spacial score (nSPS) is 11.5. The summed E-state index contributed by atoms with van der Waals surface area (Å²) >= 11 is 0. The van der Waals surface area contributed by atoms with Gasteiger partial charge in [-0.1, -0.05) is 316 Å². The molecule has 0 aromatic carbocycles. The molecule has 0 aromatic rings. The molecule has 2 nitrogen and oxygen atoms in total. The molecule has 0 bridgehead atoms. The van der Waals surface area contributed by atoms with E-state index in [0.29, 0.717) is 13.0 Å². The second-order valence-electron chi connectivity index (χ2n) is 18.6. The molecule has 56 heavy (non-hydrogen) atoms. The van der Waals surface area contributed by atoms with Crippen molar-refractivity contribution in [2.75, 3.05) is 6.61 Å². The zero-order valence-electron chi connectivity index (χ0n) is 39.4. The van der Waals surface area contributed by atoms with E-state index in [2.05, 4.69) is 13.8 Å². The summed E-state index contributed by atoms with van der Waals surface area (Å²) in [5.74, 6) is 0.0350. The van der Waals surface area contributed by atoms with E-state index in [0.717, 1.165) is 12.8 Å². The van der Waals surface area contributed by atoms with Gasteiger partial charge in [-0.05, 0) is 12.8 Å². The van der Waals surface area contributed by atoms with Crippen LogP contribution in [0.15, 0.2) is 0 Å². The predicted molar refractivity (Wildman–Crippen MR) is 253 cm³/mol. The highest BCUT2D eigenvalue weighted by Gasteiger charge is 2.03. The Morgan fingerprint density at radius 1 is 0.232 bits per heavy atom. The van der Waals surface area contributed by atoms with Gasteiger partial charge in [0.25, 0.3) is 0 Å². The lowest BCUT2D eigenvalue weighted by Crippen LogP contribution is -2.05. The van der Waals surface area contributed by atoms with Gasteiger partial charge in [0, 0.05) is 6.42 Å². The molecule has 0 N–H and O–H groups in total. The molecule has 0 radical (unpaired) electrons. The van der Waals surface area contributed by atoms with Crippen LogP contribution in [0.4, 0.5) is 0 Å². The van der Waals surface area contributed by atoms with E-state index in [9.17, 15) is 4.79 Å². The fourth-order valence-corrected chi connectivity index (χ4v) is 8.73. The lowest BCUT2D eigenvalue weighted by Gasteiger charge is -2.06. The first-order chi connectivity index (χ1) is 27.8. The smallest absolute Gasteiger partial charge is 0.305 e. The molecule has 0 aromatic heterocycles. The molecule has 0 atom stereocenters. The van der Waals surface area contributed by atoms with Gasteiger partial charge in [-0.15, -0.1) is 0 Å². The topological polar surface area (TPSA) is 26.3 Å². The first-order valence-electron chi connectivity index (χ1n) is 27.0. The van der Waals surface area contributed by atoms with Crippen molar-refractivity contribution in [1.82, 2.24) is 0 Å². The van der Waals surface area contributed by atoms with Crippen LogP contribution in [-0.2, 0) is 9.53 Å². The van der Waals surface area contributed by atoms with Crippen molar-refractivity contribution < 1.29 is 9.53 Å². The third-order valence-electron chi connectivity index (χ3n) is 12.7. The maximum Gasteiger partial charge on any atom is 0.305 e. The van der Waals surface area contributed by atoms with Gasteiger partial charge < -0.3 is 4.74 Å². The van der Waals surface area contributed by atoms with Crippen molar-refractivity contribution in [3.63, 3.8) is 0 Å². The first-order valence-corrected chi connectivity index (χ1v) is 27.0. The Morgan fingerprint density at radius 2 is 0.393 bits per heavy atom. The van der Waals surface area contributed by atoms with Crippen molar-refractivity contribution in [3.05, 3.63) is 0 Å². The van der Waals surface area contributed by atoms with Crippen LogP contribution in [0.1, 0.15) is 335 Å². The van der Waals surface area contributed by atoms with Crippen LogP contribution in [0.2, 0.25) is 0 Å². The number of hydrogen-bond donors (Lipinski definition) is 0. The number of carbonyl (C=O) groups excluding carboxylic acids is 1. The number of hydrogen-bond acceptors (Lipinski definition) is 2. The van der Waals surface area contributed by atoms with Gasteiger partial charge in [-0.2, -0.15) is 0 Å². The van der Waals surface area contributed by atoms with Crippen LogP contribution in [0.25, 0.3) is 0 Å². The molecule has 0 amide bonds. The molecule has 0 rings (SSSR count). The Labute approximate surface area is 355 Å². The largest absolute Gasteiger partial charge is 0.466 e. The molecule has 0 heterocycles. The summed E-state index contributed by atoms with van der Waals surface area (Å²) < 4.78 is 5.51. The monoisotopic (exact) mass is 789 g/mol. The Balaban J connectivity index is 3.14. The zero-order chi connectivity index (χ0) is 40.3. The second kappa shape index (κ2) is 52.5. The van der Waals surface area contributed by atoms with E-state index in [-0.39, 0.29) is 5.97 Å². The van der Waals surface area contributed by atoms with Crippen molar-refractivity contribution in [2.45, 2.75) is 335 Å². The van der Waals surface area contributed by atoms with Gasteiger partial charge in [-0.3, -0.25) is 4.79 Å². The molecule has 0 aliphatic carbocycles. The molecular weight excluding hydrogens is 681 g/mol. The minimum Gasteiger partial charge on any atom is -0.466 e. The van der Waals surface area contributed by atoms with E-state index in [4.69, 9.17) is 4.74 Å². The molecule has 2 heteroatoms. The number of rotatable bonds is 51. The summed E-state index contributed by atoms with van der Waals surface area (Å²) in [4.78, 5) is 12.1. The van der Waals surface area contributed by atoms with Crippen molar-refractivity contribution >= 4 is 5.97 Å². The predicted octanol–water partition coefficient (Wildman–Crippen LogP) is 20.1. The van der Waals surface area contributed by atoms with Crippen LogP contribution in [0.5, 0.6) is 0 Å². The molecule has 336 valence electrons. The van der Waals surface area contributed by atoms with Crippen molar-refractivity contribution in [3.8, 4) is 0 Å². The number of ether oxygens (including phenoxy) is 1. The van der Waals surface area contributed by atoms with Crippen molar-refractivity contribution in [2.24, 2.45) is 0 Å². The third-order valence-corrected chi connectivity index (χ3v) is 12.7. The first kappa shape index (κ1) is 55.5. The highest BCUT2D eigenvalue weighted by atomic mass is 16.5. The van der Waals surface area contributed by atoms with E-state index in [1.165, 1.54) is 302 Å². The van der Waals surface area contributed by atoms with Crippen LogP contribution < -0.4 is 0 Å². The third kappa shape index (κ3) is 51.5. The highest BCUT2D eigenvalue weighted by molar-refractivity contribution is 5.69. The van der Waals surface area contributed by atoms with Gasteiger partial charge in [0.05, 0.1) is 6.61 Å².